The predicted octanol–water partition coefficient (Wildman–Crippen LogP) is 3.78. The van der Waals surface area contributed by atoms with E-state index in [1.807, 2.05) is 0 Å². The van der Waals surface area contributed by atoms with Crippen LogP contribution in [0.2, 0.25) is 0 Å². The van der Waals surface area contributed by atoms with Crippen molar-refractivity contribution in [2.24, 2.45) is 4.99 Å². The Morgan fingerprint density at radius 3 is 2.35 bits per heavy atom. The van der Waals surface area contributed by atoms with Crippen molar-refractivity contribution in [2.45, 2.75) is 29.2 Å². The van der Waals surface area contributed by atoms with Crippen LogP contribution in [0.25, 0.3) is 0 Å². The zero-order valence-electron chi connectivity index (χ0n) is 18.2. The van der Waals surface area contributed by atoms with Gasteiger partial charge in [0.1, 0.15) is 16.5 Å². The summed E-state index contributed by atoms with van der Waals surface area (Å²) in [5, 5.41) is 2.81. The standard InChI is InChI=1S/C23H21F2N3O4S2/c1-14(16-8-4-5-9-17(16)24)21-18(25)11-12-20-22(21)27-23(28-34(20,31)32)26-13-15-7-3-6-10-19(15)33(2,29)30/h3-12,14H,13H2,1-2H3,(H2,26,27,28). The van der Waals surface area contributed by atoms with Crippen LogP contribution in [0.5, 0.6) is 0 Å². The molecule has 0 amide bonds. The minimum Gasteiger partial charge on any atom is -0.324 e. The summed E-state index contributed by atoms with van der Waals surface area (Å²) < 4.78 is 81.5. The summed E-state index contributed by atoms with van der Waals surface area (Å²) in [5.74, 6) is -2.27. The summed E-state index contributed by atoms with van der Waals surface area (Å²) in [6.07, 6.45) is 1.07. The van der Waals surface area contributed by atoms with Crippen molar-refractivity contribution in [1.29, 1.82) is 0 Å². The van der Waals surface area contributed by atoms with Gasteiger partial charge in [-0.05, 0) is 35.4 Å². The number of fused-ring (bicyclic) bond motifs is 1. The average Bonchev–Trinajstić information content (AvgIpc) is 2.76. The van der Waals surface area contributed by atoms with Gasteiger partial charge in [-0.15, -0.1) is 0 Å². The molecule has 11 heteroatoms. The lowest BCUT2D eigenvalue weighted by atomic mass is 9.91. The second-order valence-electron chi connectivity index (χ2n) is 7.85. The first-order chi connectivity index (χ1) is 16.0. The van der Waals surface area contributed by atoms with Gasteiger partial charge in [0.15, 0.2) is 9.84 Å². The quantitative estimate of drug-likeness (QED) is 0.549. The molecule has 34 heavy (non-hydrogen) atoms. The van der Waals surface area contributed by atoms with Crippen molar-refractivity contribution in [3.8, 4) is 0 Å². The van der Waals surface area contributed by atoms with Crippen LogP contribution in [0, 0.1) is 11.6 Å². The molecule has 1 unspecified atom stereocenters. The molecule has 0 radical (unpaired) electrons. The third kappa shape index (κ3) is 4.53. The molecular formula is C23H21F2N3O4S2. The van der Waals surface area contributed by atoms with Gasteiger partial charge in [-0.3, -0.25) is 0 Å². The summed E-state index contributed by atoms with van der Waals surface area (Å²) in [6.45, 7) is 1.42. The van der Waals surface area contributed by atoms with Crippen molar-refractivity contribution in [1.82, 2.24) is 4.72 Å². The van der Waals surface area contributed by atoms with Crippen LogP contribution in [-0.4, -0.2) is 29.1 Å². The topological polar surface area (TPSA) is 105 Å². The van der Waals surface area contributed by atoms with Crippen LogP contribution in [0.3, 0.4) is 0 Å². The van der Waals surface area contributed by atoms with Crippen LogP contribution in [0.15, 0.2) is 75.4 Å². The van der Waals surface area contributed by atoms with Crippen LogP contribution >= 0.6 is 0 Å². The minimum atomic E-state index is -4.12. The number of sulfonamides is 1. The van der Waals surface area contributed by atoms with Gasteiger partial charge in [0.25, 0.3) is 10.0 Å². The van der Waals surface area contributed by atoms with Gasteiger partial charge in [-0.1, -0.05) is 43.3 Å². The Bertz CT molecular complexity index is 1520. The summed E-state index contributed by atoms with van der Waals surface area (Å²) in [4.78, 5) is 4.06. The smallest absolute Gasteiger partial charge is 0.266 e. The van der Waals surface area contributed by atoms with E-state index in [0.29, 0.717) is 5.56 Å². The summed E-state index contributed by atoms with van der Waals surface area (Å²) in [6, 6.07) is 14.2. The first-order valence-electron chi connectivity index (χ1n) is 10.2. The summed E-state index contributed by atoms with van der Waals surface area (Å²) in [5.41, 5.74) is 0.484. The fourth-order valence-electron chi connectivity index (χ4n) is 3.89. The van der Waals surface area contributed by atoms with E-state index in [1.54, 1.807) is 31.2 Å². The first-order valence-corrected chi connectivity index (χ1v) is 13.6. The highest BCUT2D eigenvalue weighted by Gasteiger charge is 2.32. The number of sulfone groups is 1. The molecule has 0 aliphatic carbocycles. The number of benzene rings is 3. The molecule has 0 bridgehead atoms. The van der Waals surface area contributed by atoms with E-state index in [-0.39, 0.29) is 39.1 Å². The van der Waals surface area contributed by atoms with Crippen molar-refractivity contribution in [3.05, 3.63) is 89.0 Å². The van der Waals surface area contributed by atoms with Gasteiger partial charge >= 0.3 is 0 Å². The Hall–Kier alpha value is -3.31. The SMILES string of the molecule is CC(c1ccccc1F)c1c(F)ccc2c1NC(=NCc1ccccc1S(C)(=O)=O)NS2(=O)=O. The molecule has 4 rings (SSSR count). The fourth-order valence-corrected chi connectivity index (χ4v) is 5.98. The number of rotatable bonds is 5. The average molecular weight is 506 g/mol. The van der Waals surface area contributed by atoms with E-state index in [1.165, 1.54) is 24.3 Å². The molecule has 178 valence electrons. The van der Waals surface area contributed by atoms with Crippen LogP contribution in [-0.2, 0) is 26.4 Å². The Labute approximate surface area is 196 Å². The number of hydrogen-bond donors (Lipinski definition) is 2. The van der Waals surface area contributed by atoms with Crippen molar-refractivity contribution in [3.63, 3.8) is 0 Å². The van der Waals surface area contributed by atoms with E-state index in [2.05, 4.69) is 15.0 Å². The molecule has 0 saturated heterocycles. The molecule has 1 atom stereocenters. The molecule has 0 fully saturated rings. The normalized spacial score (nSPS) is 16.9. The highest BCUT2D eigenvalue weighted by atomic mass is 32.2. The van der Waals surface area contributed by atoms with E-state index in [9.17, 15) is 25.6 Å². The maximum Gasteiger partial charge on any atom is 0.266 e. The molecule has 1 heterocycles. The lowest BCUT2D eigenvalue weighted by molar-refractivity contribution is 0.577. The molecule has 0 saturated carbocycles. The van der Waals surface area contributed by atoms with E-state index in [4.69, 9.17) is 0 Å². The largest absolute Gasteiger partial charge is 0.324 e. The zero-order valence-corrected chi connectivity index (χ0v) is 19.8. The Morgan fingerprint density at radius 1 is 0.971 bits per heavy atom. The summed E-state index contributed by atoms with van der Waals surface area (Å²) in [7, 11) is -7.65. The molecule has 0 aromatic heterocycles. The highest BCUT2D eigenvalue weighted by Crippen LogP contribution is 2.38. The van der Waals surface area contributed by atoms with Crippen molar-refractivity contribution >= 4 is 31.5 Å². The number of nitrogens with one attached hydrogen (secondary N) is 2. The molecule has 1 aliphatic rings. The highest BCUT2D eigenvalue weighted by molar-refractivity contribution is 7.91. The predicted molar refractivity (Wildman–Crippen MR) is 125 cm³/mol. The number of guanidine groups is 1. The first kappa shape index (κ1) is 23.8. The molecule has 1 aliphatic heterocycles. The Kier molecular flexibility index (Phi) is 6.17. The third-order valence-electron chi connectivity index (χ3n) is 5.50. The molecule has 7 nitrogen and oxygen atoms in total. The summed E-state index contributed by atoms with van der Waals surface area (Å²) >= 11 is 0. The molecule has 3 aromatic carbocycles. The lowest BCUT2D eigenvalue weighted by Crippen LogP contribution is -2.41. The van der Waals surface area contributed by atoms with Crippen LogP contribution in [0.4, 0.5) is 14.5 Å². The number of aliphatic imine (C=N–C) groups is 1. The maximum atomic E-state index is 15.0. The number of nitrogens with zero attached hydrogens (tertiary/aromatic N) is 1. The number of halogens is 2. The van der Waals surface area contributed by atoms with Crippen LogP contribution in [0.1, 0.15) is 29.5 Å². The maximum absolute atomic E-state index is 15.0. The van der Waals surface area contributed by atoms with E-state index in [0.717, 1.165) is 18.4 Å². The Morgan fingerprint density at radius 2 is 1.65 bits per heavy atom. The molecule has 3 aromatic rings. The third-order valence-corrected chi connectivity index (χ3v) is 8.08. The van der Waals surface area contributed by atoms with Gasteiger partial charge in [-0.2, -0.15) is 0 Å². The molecule has 0 spiro atoms. The second kappa shape index (κ2) is 8.80. The Balaban J connectivity index is 1.78. The van der Waals surface area contributed by atoms with Crippen molar-refractivity contribution < 1.29 is 25.6 Å². The van der Waals surface area contributed by atoms with Gasteiger partial charge in [0, 0.05) is 17.7 Å². The number of hydrogen-bond acceptors (Lipinski definition) is 5. The van der Waals surface area contributed by atoms with Gasteiger partial charge in [-0.25, -0.2) is 35.3 Å². The fraction of sp³-hybridized carbons (Fsp3) is 0.174. The van der Waals surface area contributed by atoms with Gasteiger partial charge < -0.3 is 5.32 Å². The number of anilines is 1. The monoisotopic (exact) mass is 505 g/mol. The lowest BCUT2D eigenvalue weighted by Gasteiger charge is -2.26. The van der Waals surface area contributed by atoms with E-state index < -0.39 is 37.4 Å². The second-order valence-corrected chi connectivity index (χ2v) is 11.5. The molecule has 2 N–H and O–H groups in total. The molecular weight excluding hydrogens is 484 g/mol. The van der Waals surface area contributed by atoms with Crippen molar-refractivity contribution in [2.75, 3.05) is 11.6 Å². The van der Waals surface area contributed by atoms with Crippen LogP contribution < -0.4 is 10.0 Å². The van der Waals surface area contributed by atoms with Gasteiger partial charge in [0.05, 0.1) is 17.1 Å². The zero-order chi connectivity index (χ0) is 24.7. The van der Waals surface area contributed by atoms with Gasteiger partial charge in [0.2, 0.25) is 5.96 Å². The van der Waals surface area contributed by atoms with E-state index >= 15 is 0 Å². The minimum absolute atomic E-state index is 0.0306.